The molecule has 0 spiro atoms. The number of anilines is 1. The fourth-order valence-electron chi connectivity index (χ4n) is 1.33. The third-order valence-corrected chi connectivity index (χ3v) is 2.06. The summed E-state index contributed by atoms with van der Waals surface area (Å²) in [4.78, 5) is 11.6. The molecule has 0 heterocycles. The minimum atomic E-state index is -0.529. The largest absolute Gasteiger partial charge is 0.399 e. The molecule has 1 aromatic carbocycles. The first-order valence-corrected chi connectivity index (χ1v) is 5.55. The number of carbonyl (C=O) groups is 1. The van der Waals surface area contributed by atoms with Gasteiger partial charge in [-0.25, -0.2) is 4.39 Å². The van der Waals surface area contributed by atoms with Crippen LogP contribution in [-0.2, 0) is 4.74 Å². The lowest BCUT2D eigenvalue weighted by Crippen LogP contribution is -2.27. The third kappa shape index (κ3) is 4.97. The van der Waals surface area contributed by atoms with Crippen molar-refractivity contribution in [1.82, 2.24) is 5.32 Å². The number of amides is 1. The standard InChI is InChI=1S/C13H17FN2O2/c1-9(2)8-18-4-3-16-13(17)10-5-11(14)7-12(15)6-10/h5-7H,1,3-4,8,15H2,2H3,(H,16,17). The topological polar surface area (TPSA) is 64.3 Å². The molecule has 0 fully saturated rings. The molecule has 0 atom stereocenters. The predicted molar refractivity (Wildman–Crippen MR) is 68.8 cm³/mol. The van der Waals surface area contributed by atoms with Crippen molar-refractivity contribution in [2.45, 2.75) is 6.92 Å². The first-order valence-electron chi connectivity index (χ1n) is 5.55. The quantitative estimate of drug-likeness (QED) is 0.460. The maximum Gasteiger partial charge on any atom is 0.251 e. The van der Waals surface area contributed by atoms with E-state index in [2.05, 4.69) is 11.9 Å². The molecule has 0 bridgehead atoms. The molecule has 1 rings (SSSR count). The van der Waals surface area contributed by atoms with Crippen molar-refractivity contribution in [1.29, 1.82) is 0 Å². The second-order valence-electron chi connectivity index (χ2n) is 4.04. The Morgan fingerprint density at radius 1 is 1.50 bits per heavy atom. The van der Waals surface area contributed by atoms with Crippen molar-refractivity contribution in [3.8, 4) is 0 Å². The molecule has 0 aromatic heterocycles. The number of nitrogens with one attached hydrogen (secondary N) is 1. The van der Waals surface area contributed by atoms with E-state index in [-0.39, 0.29) is 17.2 Å². The smallest absolute Gasteiger partial charge is 0.251 e. The molecule has 0 saturated carbocycles. The summed E-state index contributed by atoms with van der Waals surface area (Å²) < 4.78 is 18.2. The predicted octanol–water partition coefficient (Wildman–Crippen LogP) is 1.73. The van der Waals surface area contributed by atoms with Crippen molar-refractivity contribution in [2.24, 2.45) is 0 Å². The number of nitrogen functional groups attached to an aromatic ring is 1. The van der Waals surface area contributed by atoms with Gasteiger partial charge in [0.1, 0.15) is 5.82 Å². The highest BCUT2D eigenvalue weighted by atomic mass is 19.1. The molecule has 5 heteroatoms. The molecule has 0 aliphatic heterocycles. The maximum absolute atomic E-state index is 13.0. The van der Waals surface area contributed by atoms with Gasteiger partial charge in [-0.3, -0.25) is 4.79 Å². The van der Waals surface area contributed by atoms with Gasteiger partial charge in [0.15, 0.2) is 0 Å². The minimum absolute atomic E-state index is 0.201. The molecule has 1 amide bonds. The SMILES string of the molecule is C=C(C)COCCNC(=O)c1cc(N)cc(F)c1. The first-order chi connectivity index (χ1) is 8.49. The Morgan fingerprint density at radius 2 is 2.22 bits per heavy atom. The van der Waals surface area contributed by atoms with Crippen LogP contribution in [0.25, 0.3) is 0 Å². The molecule has 4 nitrogen and oxygen atoms in total. The zero-order valence-electron chi connectivity index (χ0n) is 10.3. The number of halogens is 1. The van der Waals surface area contributed by atoms with E-state index >= 15 is 0 Å². The first kappa shape index (κ1) is 14.2. The van der Waals surface area contributed by atoms with Crippen LogP contribution in [0.3, 0.4) is 0 Å². The van der Waals surface area contributed by atoms with Gasteiger partial charge in [0, 0.05) is 17.8 Å². The summed E-state index contributed by atoms with van der Waals surface area (Å²) in [5, 5.41) is 2.61. The molecule has 98 valence electrons. The van der Waals surface area contributed by atoms with Crippen LogP contribution >= 0.6 is 0 Å². The number of carbonyl (C=O) groups excluding carboxylic acids is 1. The Morgan fingerprint density at radius 3 is 2.83 bits per heavy atom. The number of benzene rings is 1. The van der Waals surface area contributed by atoms with Crippen molar-refractivity contribution in [3.63, 3.8) is 0 Å². The van der Waals surface area contributed by atoms with Gasteiger partial charge in [-0.1, -0.05) is 12.2 Å². The van der Waals surface area contributed by atoms with Crippen LogP contribution in [0.2, 0.25) is 0 Å². The number of nitrogens with two attached hydrogens (primary N) is 1. The summed E-state index contributed by atoms with van der Waals surface area (Å²) in [6.07, 6.45) is 0. The lowest BCUT2D eigenvalue weighted by Gasteiger charge is -2.07. The van der Waals surface area contributed by atoms with E-state index in [4.69, 9.17) is 10.5 Å². The average Bonchev–Trinajstić information content (AvgIpc) is 2.26. The normalized spacial score (nSPS) is 10.1. The van der Waals surface area contributed by atoms with E-state index < -0.39 is 5.82 Å². The number of hydrogen-bond donors (Lipinski definition) is 2. The van der Waals surface area contributed by atoms with Gasteiger partial charge in [0.25, 0.3) is 5.91 Å². The average molecular weight is 252 g/mol. The van der Waals surface area contributed by atoms with Crippen LogP contribution in [0, 0.1) is 5.82 Å². The van der Waals surface area contributed by atoms with Crippen molar-refractivity contribution >= 4 is 11.6 Å². The van der Waals surface area contributed by atoms with Crippen molar-refractivity contribution < 1.29 is 13.9 Å². The van der Waals surface area contributed by atoms with Crippen LogP contribution in [0.4, 0.5) is 10.1 Å². The van der Waals surface area contributed by atoms with E-state index in [1.54, 1.807) is 0 Å². The van der Waals surface area contributed by atoms with Crippen molar-refractivity contribution in [3.05, 3.63) is 41.7 Å². The van der Waals surface area contributed by atoms with Gasteiger partial charge in [0.2, 0.25) is 0 Å². The second kappa shape index (κ2) is 6.76. The molecule has 0 radical (unpaired) electrons. The molecule has 0 aliphatic rings. The Labute approximate surface area is 106 Å². The van der Waals surface area contributed by atoms with Crippen molar-refractivity contribution in [2.75, 3.05) is 25.5 Å². The lowest BCUT2D eigenvalue weighted by molar-refractivity contribution is 0.0926. The number of ether oxygens (including phenoxy) is 1. The fraction of sp³-hybridized carbons (Fsp3) is 0.308. The van der Waals surface area contributed by atoms with E-state index in [0.29, 0.717) is 19.8 Å². The zero-order valence-corrected chi connectivity index (χ0v) is 10.3. The van der Waals surface area contributed by atoms with Crippen LogP contribution in [0.5, 0.6) is 0 Å². The van der Waals surface area contributed by atoms with Gasteiger partial charge in [-0.15, -0.1) is 0 Å². The minimum Gasteiger partial charge on any atom is -0.399 e. The Balaban J connectivity index is 2.38. The van der Waals surface area contributed by atoms with Gasteiger partial charge in [0.05, 0.1) is 13.2 Å². The Hall–Kier alpha value is -1.88. The van der Waals surface area contributed by atoms with Crippen LogP contribution in [0.1, 0.15) is 17.3 Å². The van der Waals surface area contributed by atoms with E-state index in [0.717, 1.165) is 17.7 Å². The molecule has 0 aliphatic carbocycles. The van der Waals surface area contributed by atoms with Crippen LogP contribution in [0.15, 0.2) is 30.4 Å². The molecular weight excluding hydrogens is 235 g/mol. The zero-order chi connectivity index (χ0) is 13.5. The number of rotatable bonds is 6. The highest BCUT2D eigenvalue weighted by Crippen LogP contribution is 2.10. The van der Waals surface area contributed by atoms with E-state index in [1.807, 2.05) is 6.92 Å². The number of hydrogen-bond acceptors (Lipinski definition) is 3. The van der Waals surface area contributed by atoms with E-state index in [1.165, 1.54) is 6.07 Å². The van der Waals surface area contributed by atoms with Gasteiger partial charge >= 0.3 is 0 Å². The summed E-state index contributed by atoms with van der Waals surface area (Å²) in [5.41, 5.74) is 6.79. The highest BCUT2D eigenvalue weighted by molar-refractivity contribution is 5.95. The van der Waals surface area contributed by atoms with Crippen LogP contribution < -0.4 is 11.1 Å². The molecule has 18 heavy (non-hydrogen) atoms. The molecular formula is C13H17FN2O2. The lowest BCUT2D eigenvalue weighted by atomic mass is 10.2. The second-order valence-corrected chi connectivity index (χ2v) is 4.04. The highest BCUT2D eigenvalue weighted by Gasteiger charge is 2.07. The fourth-order valence-corrected chi connectivity index (χ4v) is 1.33. The summed E-state index contributed by atoms with van der Waals surface area (Å²) in [7, 11) is 0. The Kier molecular flexibility index (Phi) is 5.32. The summed E-state index contributed by atoms with van der Waals surface area (Å²) >= 11 is 0. The molecule has 0 unspecified atom stereocenters. The van der Waals surface area contributed by atoms with Gasteiger partial charge in [-0.05, 0) is 25.1 Å². The summed E-state index contributed by atoms with van der Waals surface area (Å²) in [6, 6.07) is 3.72. The van der Waals surface area contributed by atoms with Gasteiger partial charge < -0.3 is 15.8 Å². The monoisotopic (exact) mass is 252 g/mol. The van der Waals surface area contributed by atoms with Gasteiger partial charge in [-0.2, -0.15) is 0 Å². The summed E-state index contributed by atoms with van der Waals surface area (Å²) in [6.45, 7) is 6.73. The molecule has 3 N–H and O–H groups in total. The van der Waals surface area contributed by atoms with E-state index in [9.17, 15) is 9.18 Å². The molecule has 1 aromatic rings. The maximum atomic E-state index is 13.0. The summed E-state index contributed by atoms with van der Waals surface area (Å²) in [5.74, 6) is -0.904. The van der Waals surface area contributed by atoms with Crippen LogP contribution in [-0.4, -0.2) is 25.7 Å². The molecule has 0 saturated heterocycles. The third-order valence-electron chi connectivity index (χ3n) is 2.06. The Bertz CT molecular complexity index is 426.